The molecule has 0 aliphatic rings. The molecule has 0 aliphatic heterocycles. The van der Waals surface area contributed by atoms with Crippen molar-refractivity contribution in [2.45, 2.75) is 27.7 Å². The highest BCUT2D eigenvalue weighted by Gasteiger charge is 1.95. The summed E-state index contributed by atoms with van der Waals surface area (Å²) in [6.45, 7) is 7.33. The maximum absolute atomic E-state index is 10.6. The van der Waals surface area contributed by atoms with Crippen molar-refractivity contribution in [1.29, 1.82) is 0 Å². The fraction of sp³-hybridized carbons (Fsp3) is 0.500. The van der Waals surface area contributed by atoms with Gasteiger partial charge < -0.3 is 0 Å². The van der Waals surface area contributed by atoms with Gasteiger partial charge >= 0.3 is 0 Å². The van der Waals surface area contributed by atoms with Crippen LogP contribution in [0.5, 0.6) is 0 Å². The van der Waals surface area contributed by atoms with Gasteiger partial charge in [0.2, 0.25) is 5.91 Å². The molecule has 1 rings (SSSR count). The minimum Gasteiger partial charge on any atom is -0.273 e. The van der Waals surface area contributed by atoms with Gasteiger partial charge in [-0.25, -0.2) is 4.68 Å². The van der Waals surface area contributed by atoms with E-state index in [1.54, 1.807) is 12.3 Å². The monoisotopic (exact) mass is 154 g/mol. The normalized spacial score (nSPS) is 8.36. The zero-order chi connectivity index (χ0) is 8.85. The fourth-order valence-electron chi connectivity index (χ4n) is 0.590. The smallest absolute Gasteiger partial charge is 0.243 e. The Bertz CT molecular complexity index is 228. The SMILES string of the molecule is CC.CC(=O)n1ccc(C)n1. The summed E-state index contributed by atoms with van der Waals surface area (Å²) in [5.41, 5.74) is 0.866. The summed E-state index contributed by atoms with van der Waals surface area (Å²) in [6, 6.07) is 1.79. The summed E-state index contributed by atoms with van der Waals surface area (Å²) < 4.78 is 1.31. The standard InChI is InChI=1S/C6H8N2O.C2H6/c1-5-3-4-8(7-5)6(2)9;1-2/h3-4H,1-2H3;1-2H3. The van der Waals surface area contributed by atoms with Gasteiger partial charge in [-0.1, -0.05) is 13.8 Å². The van der Waals surface area contributed by atoms with Gasteiger partial charge in [0, 0.05) is 13.1 Å². The molecule has 0 fully saturated rings. The van der Waals surface area contributed by atoms with E-state index in [4.69, 9.17) is 0 Å². The van der Waals surface area contributed by atoms with Crippen LogP contribution in [0.25, 0.3) is 0 Å². The van der Waals surface area contributed by atoms with Crippen LogP contribution < -0.4 is 0 Å². The molecule has 0 atom stereocenters. The third-order valence-corrected chi connectivity index (χ3v) is 1.05. The summed E-state index contributed by atoms with van der Waals surface area (Å²) in [6.07, 6.45) is 1.65. The van der Waals surface area contributed by atoms with E-state index >= 15 is 0 Å². The lowest BCUT2D eigenvalue weighted by Crippen LogP contribution is -2.05. The second kappa shape index (κ2) is 4.66. The Morgan fingerprint density at radius 3 is 2.27 bits per heavy atom. The zero-order valence-corrected chi connectivity index (χ0v) is 7.46. The summed E-state index contributed by atoms with van der Waals surface area (Å²) in [5, 5.41) is 3.88. The van der Waals surface area contributed by atoms with Crippen molar-refractivity contribution in [3.05, 3.63) is 18.0 Å². The first kappa shape index (κ1) is 9.88. The minimum atomic E-state index is -0.0527. The van der Waals surface area contributed by atoms with Crippen LogP contribution in [0.1, 0.15) is 31.3 Å². The van der Waals surface area contributed by atoms with Crippen LogP contribution in [-0.4, -0.2) is 15.7 Å². The van der Waals surface area contributed by atoms with E-state index in [-0.39, 0.29) is 5.91 Å². The maximum Gasteiger partial charge on any atom is 0.243 e. The van der Waals surface area contributed by atoms with Gasteiger partial charge in [-0.2, -0.15) is 5.10 Å². The molecule has 0 bridgehead atoms. The molecule has 11 heavy (non-hydrogen) atoms. The van der Waals surface area contributed by atoms with Crippen molar-refractivity contribution in [3.8, 4) is 0 Å². The predicted octanol–water partition coefficient (Wildman–Crippen LogP) is 1.88. The maximum atomic E-state index is 10.6. The molecule has 0 radical (unpaired) electrons. The molecular weight excluding hydrogens is 140 g/mol. The molecular formula is C8H14N2O. The molecule has 0 aromatic carbocycles. The molecule has 3 nitrogen and oxygen atoms in total. The average molecular weight is 154 g/mol. The van der Waals surface area contributed by atoms with Gasteiger partial charge in [-0.15, -0.1) is 0 Å². The number of rotatable bonds is 0. The van der Waals surface area contributed by atoms with Gasteiger partial charge in [0.25, 0.3) is 0 Å². The molecule has 0 N–H and O–H groups in total. The molecule has 0 saturated carbocycles. The first-order chi connectivity index (χ1) is 5.20. The molecule has 3 heteroatoms. The molecule has 62 valence electrons. The van der Waals surface area contributed by atoms with E-state index in [0.29, 0.717) is 0 Å². The van der Waals surface area contributed by atoms with Crippen molar-refractivity contribution in [2.24, 2.45) is 0 Å². The number of carbonyl (C=O) groups excluding carboxylic acids is 1. The number of hydrogen-bond donors (Lipinski definition) is 0. The Morgan fingerprint density at radius 1 is 1.55 bits per heavy atom. The molecule has 0 saturated heterocycles. The average Bonchev–Trinajstić information content (AvgIpc) is 2.40. The molecule has 1 aromatic rings. The zero-order valence-electron chi connectivity index (χ0n) is 7.46. The highest BCUT2D eigenvalue weighted by atomic mass is 16.2. The second-order valence-electron chi connectivity index (χ2n) is 1.92. The third kappa shape index (κ3) is 2.98. The highest BCUT2D eigenvalue weighted by molar-refractivity contribution is 5.74. The lowest BCUT2D eigenvalue weighted by Gasteiger charge is -1.88. The predicted molar refractivity (Wildman–Crippen MR) is 44.6 cm³/mol. The quantitative estimate of drug-likeness (QED) is 0.571. The van der Waals surface area contributed by atoms with Gasteiger partial charge in [-0.3, -0.25) is 4.79 Å². The number of hydrogen-bond acceptors (Lipinski definition) is 2. The molecule has 0 amide bonds. The molecule has 0 aliphatic carbocycles. The van der Waals surface area contributed by atoms with E-state index in [2.05, 4.69) is 5.10 Å². The van der Waals surface area contributed by atoms with Crippen LogP contribution in [0.2, 0.25) is 0 Å². The van der Waals surface area contributed by atoms with Gasteiger partial charge in [0.15, 0.2) is 0 Å². The van der Waals surface area contributed by atoms with E-state index < -0.39 is 0 Å². The van der Waals surface area contributed by atoms with Crippen molar-refractivity contribution in [3.63, 3.8) is 0 Å². The lowest BCUT2D eigenvalue weighted by molar-refractivity contribution is 0.0921. The first-order valence-electron chi connectivity index (χ1n) is 3.73. The molecule has 1 heterocycles. The minimum absolute atomic E-state index is 0.0527. The Morgan fingerprint density at radius 2 is 2.09 bits per heavy atom. The lowest BCUT2D eigenvalue weighted by atomic mass is 10.5. The number of carbonyl (C=O) groups is 1. The largest absolute Gasteiger partial charge is 0.273 e. The van der Waals surface area contributed by atoms with Gasteiger partial charge in [0.05, 0.1) is 5.69 Å². The van der Waals surface area contributed by atoms with Crippen molar-refractivity contribution >= 4 is 5.91 Å². The van der Waals surface area contributed by atoms with E-state index in [9.17, 15) is 4.79 Å². The second-order valence-corrected chi connectivity index (χ2v) is 1.92. The summed E-state index contributed by atoms with van der Waals surface area (Å²) >= 11 is 0. The van der Waals surface area contributed by atoms with Crippen LogP contribution in [0, 0.1) is 6.92 Å². The number of aromatic nitrogens is 2. The van der Waals surface area contributed by atoms with E-state index in [1.165, 1.54) is 11.6 Å². The van der Waals surface area contributed by atoms with Crippen LogP contribution >= 0.6 is 0 Å². The van der Waals surface area contributed by atoms with Crippen molar-refractivity contribution < 1.29 is 4.79 Å². The Hall–Kier alpha value is -1.12. The van der Waals surface area contributed by atoms with E-state index in [0.717, 1.165) is 5.69 Å². The summed E-state index contributed by atoms with van der Waals surface area (Å²) in [5.74, 6) is -0.0527. The third-order valence-electron chi connectivity index (χ3n) is 1.05. The Kier molecular flexibility index (Phi) is 4.18. The summed E-state index contributed by atoms with van der Waals surface area (Å²) in [4.78, 5) is 10.6. The van der Waals surface area contributed by atoms with E-state index in [1.807, 2.05) is 20.8 Å². The molecule has 0 spiro atoms. The van der Waals surface area contributed by atoms with Crippen LogP contribution in [0.4, 0.5) is 0 Å². The van der Waals surface area contributed by atoms with Crippen molar-refractivity contribution in [1.82, 2.24) is 9.78 Å². The van der Waals surface area contributed by atoms with Crippen LogP contribution in [-0.2, 0) is 0 Å². The van der Waals surface area contributed by atoms with Gasteiger partial charge in [-0.05, 0) is 13.0 Å². The number of aryl methyl sites for hydroxylation is 1. The summed E-state index contributed by atoms with van der Waals surface area (Å²) in [7, 11) is 0. The van der Waals surface area contributed by atoms with Crippen LogP contribution in [0.3, 0.4) is 0 Å². The van der Waals surface area contributed by atoms with Gasteiger partial charge in [0.1, 0.15) is 0 Å². The Balaban J connectivity index is 0.000000461. The molecule has 1 aromatic heterocycles. The fourth-order valence-corrected chi connectivity index (χ4v) is 0.590. The first-order valence-corrected chi connectivity index (χ1v) is 3.73. The van der Waals surface area contributed by atoms with Crippen LogP contribution in [0.15, 0.2) is 12.3 Å². The Labute approximate surface area is 67.0 Å². The van der Waals surface area contributed by atoms with Crippen molar-refractivity contribution in [2.75, 3.05) is 0 Å². The number of nitrogens with zero attached hydrogens (tertiary/aromatic N) is 2. The topological polar surface area (TPSA) is 34.9 Å². The molecule has 0 unspecified atom stereocenters. The highest BCUT2D eigenvalue weighted by Crippen LogP contribution is 1.90.